The summed E-state index contributed by atoms with van der Waals surface area (Å²) in [6.45, 7) is 7.17. The number of nitrogens with zero attached hydrogens (tertiary/aromatic N) is 1. The molecular formula is C34H46N4O2. The molecule has 6 aliphatic rings. The SMILES string of the molecule is c1ccc(C2CC2NC2CCOC3(CCN(Cc4ccc(C5CC5NC5COC6(CNC6)C5)cc4)CC3)C2)cc1. The van der Waals surface area contributed by atoms with Crippen molar-refractivity contribution in [1.29, 1.82) is 0 Å². The standard InChI is InChI=1S/C34H46N4O2/c1-2-4-25(5-3-1)29-16-31(29)36-27-10-15-39-33(18-27)11-13-38(14-12-33)20-24-6-8-26(9-7-24)30-17-32(30)37-28-19-34(40-21-28)22-35-23-34/h1-9,27-32,35-37H,10-23H2. The maximum Gasteiger partial charge on any atom is 0.0946 e. The lowest BCUT2D eigenvalue weighted by atomic mass is 9.82. The average Bonchev–Trinajstić information content (AvgIpc) is 3.87. The average molecular weight is 543 g/mol. The summed E-state index contributed by atoms with van der Waals surface area (Å²) in [5, 5.41) is 11.3. The molecule has 2 saturated carbocycles. The van der Waals surface area contributed by atoms with Gasteiger partial charge >= 0.3 is 0 Å². The van der Waals surface area contributed by atoms with Crippen molar-refractivity contribution in [3.05, 3.63) is 71.3 Å². The molecule has 6 heteroatoms. The Morgan fingerprint density at radius 2 is 1.45 bits per heavy atom. The topological polar surface area (TPSA) is 57.8 Å². The van der Waals surface area contributed by atoms with Crippen molar-refractivity contribution >= 4 is 0 Å². The molecule has 2 aromatic rings. The highest BCUT2D eigenvalue weighted by Gasteiger charge is 2.48. The molecule has 0 bridgehead atoms. The Hall–Kier alpha value is -1.80. The number of hydrogen-bond acceptors (Lipinski definition) is 6. The molecule has 6 fully saturated rings. The predicted molar refractivity (Wildman–Crippen MR) is 158 cm³/mol. The summed E-state index contributed by atoms with van der Waals surface area (Å²) in [5.41, 5.74) is 4.66. The number of hydrogen-bond donors (Lipinski definition) is 3. The minimum Gasteiger partial charge on any atom is -0.375 e. The van der Waals surface area contributed by atoms with Crippen LogP contribution in [0.5, 0.6) is 0 Å². The fraction of sp³-hybridized carbons (Fsp3) is 0.647. The summed E-state index contributed by atoms with van der Waals surface area (Å²) >= 11 is 0. The summed E-state index contributed by atoms with van der Waals surface area (Å²) in [4.78, 5) is 2.64. The van der Waals surface area contributed by atoms with Crippen LogP contribution in [-0.2, 0) is 16.0 Å². The van der Waals surface area contributed by atoms with Crippen molar-refractivity contribution in [2.24, 2.45) is 0 Å². The summed E-state index contributed by atoms with van der Waals surface area (Å²) in [5.74, 6) is 1.37. The van der Waals surface area contributed by atoms with Crippen LogP contribution >= 0.6 is 0 Å². The summed E-state index contributed by atoms with van der Waals surface area (Å²) in [6.07, 6.45) is 8.36. The Kier molecular flexibility index (Phi) is 6.78. The Bertz CT molecular complexity index is 1160. The molecule has 214 valence electrons. The van der Waals surface area contributed by atoms with E-state index in [0.717, 1.165) is 71.6 Å². The van der Waals surface area contributed by atoms with E-state index in [-0.39, 0.29) is 11.2 Å². The first-order chi connectivity index (χ1) is 19.6. The van der Waals surface area contributed by atoms with Gasteiger partial charge in [-0.1, -0.05) is 54.6 Å². The van der Waals surface area contributed by atoms with Crippen molar-refractivity contribution in [3.63, 3.8) is 0 Å². The first kappa shape index (κ1) is 25.9. The normalized spacial score (nSPS) is 36.0. The third kappa shape index (κ3) is 5.39. The van der Waals surface area contributed by atoms with Gasteiger partial charge in [0.15, 0.2) is 0 Å². The van der Waals surface area contributed by atoms with Gasteiger partial charge in [-0.15, -0.1) is 0 Å². The van der Waals surface area contributed by atoms with Crippen molar-refractivity contribution in [2.75, 3.05) is 39.4 Å². The van der Waals surface area contributed by atoms with Gasteiger partial charge in [0, 0.05) is 75.3 Å². The first-order valence-electron chi connectivity index (χ1n) is 16.0. The van der Waals surface area contributed by atoms with Gasteiger partial charge in [0.25, 0.3) is 0 Å². The molecule has 6 atom stereocenters. The molecule has 6 unspecified atom stereocenters. The van der Waals surface area contributed by atoms with Crippen molar-refractivity contribution in [2.45, 2.75) is 98.7 Å². The quantitative estimate of drug-likeness (QED) is 0.470. The van der Waals surface area contributed by atoms with E-state index in [4.69, 9.17) is 9.47 Å². The second-order valence-electron chi connectivity index (χ2n) is 13.9. The molecule has 2 aromatic carbocycles. The molecule has 0 aromatic heterocycles. The van der Waals surface area contributed by atoms with Crippen molar-refractivity contribution < 1.29 is 9.47 Å². The zero-order valence-corrected chi connectivity index (χ0v) is 23.8. The monoisotopic (exact) mass is 542 g/mol. The lowest BCUT2D eigenvalue weighted by Gasteiger charge is -2.46. The maximum atomic E-state index is 6.49. The molecule has 2 spiro atoms. The molecule has 8 rings (SSSR count). The largest absolute Gasteiger partial charge is 0.375 e. The van der Waals surface area contributed by atoms with Gasteiger partial charge in [0.2, 0.25) is 0 Å². The third-order valence-corrected chi connectivity index (χ3v) is 10.9. The predicted octanol–water partition coefficient (Wildman–Crippen LogP) is 3.92. The fourth-order valence-electron chi connectivity index (χ4n) is 8.17. The number of likely N-dealkylation sites (tertiary alicyclic amines) is 1. The first-order valence-corrected chi connectivity index (χ1v) is 16.0. The molecule has 40 heavy (non-hydrogen) atoms. The minimum atomic E-state index is 0.0839. The molecule has 6 nitrogen and oxygen atoms in total. The summed E-state index contributed by atoms with van der Waals surface area (Å²) < 4.78 is 12.6. The Morgan fingerprint density at radius 3 is 2.12 bits per heavy atom. The second-order valence-corrected chi connectivity index (χ2v) is 13.9. The number of rotatable bonds is 8. The van der Waals surface area contributed by atoms with Crippen molar-refractivity contribution in [3.8, 4) is 0 Å². The number of nitrogens with one attached hydrogen (secondary N) is 3. The van der Waals surface area contributed by atoms with E-state index in [1.165, 1.54) is 36.0 Å². The molecule has 0 amide bonds. The van der Waals surface area contributed by atoms with E-state index >= 15 is 0 Å². The molecule has 0 radical (unpaired) electrons. The van der Waals surface area contributed by atoms with Crippen LogP contribution in [0.2, 0.25) is 0 Å². The second kappa shape index (κ2) is 10.5. The number of piperidine rings is 1. The van der Waals surface area contributed by atoms with Crippen LogP contribution in [0, 0.1) is 0 Å². The lowest BCUT2D eigenvalue weighted by molar-refractivity contribution is -0.120. The van der Waals surface area contributed by atoms with E-state index < -0.39 is 0 Å². The highest BCUT2D eigenvalue weighted by molar-refractivity contribution is 5.31. The highest BCUT2D eigenvalue weighted by Crippen LogP contribution is 2.44. The van der Waals surface area contributed by atoms with Gasteiger partial charge in [-0.3, -0.25) is 4.90 Å². The molecule has 4 heterocycles. The van der Waals surface area contributed by atoms with E-state index in [0.29, 0.717) is 36.0 Å². The van der Waals surface area contributed by atoms with E-state index in [1.807, 2.05) is 0 Å². The van der Waals surface area contributed by atoms with Crippen LogP contribution in [0.1, 0.15) is 73.5 Å². The van der Waals surface area contributed by atoms with Crippen LogP contribution in [0.4, 0.5) is 0 Å². The molecular weight excluding hydrogens is 496 g/mol. The zero-order valence-electron chi connectivity index (χ0n) is 23.8. The van der Waals surface area contributed by atoms with Gasteiger partial charge in [0.05, 0.1) is 17.8 Å². The third-order valence-electron chi connectivity index (χ3n) is 10.9. The Labute approximate surface area is 239 Å². The van der Waals surface area contributed by atoms with Crippen LogP contribution in [0.25, 0.3) is 0 Å². The number of benzene rings is 2. The Balaban J connectivity index is 0.783. The van der Waals surface area contributed by atoms with E-state index in [2.05, 4.69) is 75.4 Å². The van der Waals surface area contributed by atoms with Crippen LogP contribution < -0.4 is 16.0 Å². The molecule has 4 saturated heterocycles. The summed E-state index contributed by atoms with van der Waals surface area (Å²) in [7, 11) is 0. The van der Waals surface area contributed by atoms with E-state index in [1.54, 1.807) is 0 Å². The Morgan fingerprint density at radius 1 is 0.775 bits per heavy atom. The molecule has 3 N–H and O–H groups in total. The van der Waals surface area contributed by atoms with Crippen LogP contribution in [0.15, 0.2) is 54.6 Å². The van der Waals surface area contributed by atoms with Gasteiger partial charge in [-0.2, -0.15) is 0 Å². The molecule has 2 aliphatic carbocycles. The zero-order chi connectivity index (χ0) is 26.6. The van der Waals surface area contributed by atoms with E-state index in [9.17, 15) is 0 Å². The number of ether oxygens (including phenoxy) is 2. The van der Waals surface area contributed by atoms with Crippen LogP contribution in [-0.4, -0.2) is 79.7 Å². The van der Waals surface area contributed by atoms with Gasteiger partial charge < -0.3 is 25.4 Å². The smallest absolute Gasteiger partial charge is 0.0946 e. The fourth-order valence-corrected chi connectivity index (χ4v) is 8.17. The summed E-state index contributed by atoms with van der Waals surface area (Å²) in [6, 6.07) is 23.0. The van der Waals surface area contributed by atoms with Gasteiger partial charge in [-0.25, -0.2) is 0 Å². The van der Waals surface area contributed by atoms with Crippen molar-refractivity contribution in [1.82, 2.24) is 20.9 Å². The maximum absolute atomic E-state index is 6.49. The molecule has 4 aliphatic heterocycles. The lowest BCUT2D eigenvalue weighted by Crippen LogP contribution is -2.59. The highest BCUT2D eigenvalue weighted by atomic mass is 16.5. The van der Waals surface area contributed by atoms with Crippen LogP contribution in [0.3, 0.4) is 0 Å². The van der Waals surface area contributed by atoms with Gasteiger partial charge in [-0.05, 0) is 61.6 Å². The van der Waals surface area contributed by atoms with Gasteiger partial charge in [0.1, 0.15) is 0 Å². The minimum absolute atomic E-state index is 0.0839.